The summed E-state index contributed by atoms with van der Waals surface area (Å²) in [5.74, 6) is -0.263. The fourth-order valence-corrected chi connectivity index (χ4v) is 2.27. The number of nitrogens with zero attached hydrogens (tertiary/aromatic N) is 1. The number of carbonyl (C=O) groups is 1. The fourth-order valence-electron chi connectivity index (χ4n) is 1.93. The highest BCUT2D eigenvalue weighted by molar-refractivity contribution is 6.35. The first-order valence-corrected chi connectivity index (χ1v) is 6.49. The predicted octanol–water partition coefficient (Wildman–Crippen LogP) is 2.69. The Labute approximate surface area is 116 Å². The number of hydrogen-bond donors (Lipinski definition) is 1. The van der Waals surface area contributed by atoms with Gasteiger partial charge in [0.1, 0.15) is 5.15 Å². The number of halogens is 2. The summed E-state index contributed by atoms with van der Waals surface area (Å²) in [5, 5.41) is 3.34. The van der Waals surface area contributed by atoms with Gasteiger partial charge in [-0.15, -0.1) is 0 Å². The Morgan fingerprint density at radius 3 is 3.06 bits per heavy atom. The van der Waals surface area contributed by atoms with Crippen LogP contribution in [-0.4, -0.2) is 29.6 Å². The minimum absolute atomic E-state index is 0.243. The quantitative estimate of drug-likeness (QED) is 0.870. The van der Waals surface area contributed by atoms with Crippen LogP contribution in [0.2, 0.25) is 10.2 Å². The number of ether oxygens (including phenoxy) is 1. The van der Waals surface area contributed by atoms with E-state index in [0.717, 1.165) is 19.4 Å². The molecule has 6 heteroatoms. The van der Waals surface area contributed by atoms with Crippen molar-refractivity contribution in [3.05, 3.63) is 28.0 Å². The molecule has 1 aromatic heterocycles. The smallest absolute Gasteiger partial charge is 0.253 e. The number of rotatable bonds is 3. The van der Waals surface area contributed by atoms with Gasteiger partial charge in [-0.25, -0.2) is 4.98 Å². The van der Waals surface area contributed by atoms with Gasteiger partial charge in [0.2, 0.25) is 0 Å². The van der Waals surface area contributed by atoms with E-state index in [9.17, 15) is 4.79 Å². The van der Waals surface area contributed by atoms with Crippen molar-refractivity contribution in [2.75, 3.05) is 13.2 Å². The Morgan fingerprint density at radius 2 is 2.39 bits per heavy atom. The molecule has 2 rings (SSSR count). The molecule has 1 unspecified atom stereocenters. The van der Waals surface area contributed by atoms with Crippen LogP contribution < -0.4 is 5.32 Å². The maximum atomic E-state index is 12.0. The van der Waals surface area contributed by atoms with E-state index in [1.54, 1.807) is 0 Å². The standard InChI is InChI=1S/C12H14Cl2N2O2/c1-12(3-2-4-18-12)7-16-11(17)8-5-10(14)15-6-9(8)13/h5-6H,2-4,7H2,1H3,(H,16,17). The molecule has 0 aromatic carbocycles. The van der Waals surface area contributed by atoms with Crippen molar-refractivity contribution >= 4 is 29.1 Å². The van der Waals surface area contributed by atoms with Gasteiger partial charge in [0.15, 0.2) is 0 Å². The van der Waals surface area contributed by atoms with Gasteiger partial charge < -0.3 is 10.1 Å². The van der Waals surface area contributed by atoms with Crippen molar-refractivity contribution in [1.29, 1.82) is 0 Å². The molecule has 0 bridgehead atoms. The predicted molar refractivity (Wildman–Crippen MR) is 70.2 cm³/mol. The first kappa shape index (κ1) is 13.6. The van der Waals surface area contributed by atoms with Gasteiger partial charge >= 0.3 is 0 Å². The van der Waals surface area contributed by atoms with E-state index < -0.39 is 0 Å². The van der Waals surface area contributed by atoms with Crippen LogP contribution in [0.25, 0.3) is 0 Å². The Balaban J connectivity index is 2.01. The minimum Gasteiger partial charge on any atom is -0.373 e. The van der Waals surface area contributed by atoms with Gasteiger partial charge in [0.05, 0.1) is 16.2 Å². The number of carbonyl (C=O) groups excluding carboxylic acids is 1. The summed E-state index contributed by atoms with van der Waals surface area (Å²) in [7, 11) is 0. The zero-order valence-electron chi connectivity index (χ0n) is 10.0. The van der Waals surface area contributed by atoms with Crippen molar-refractivity contribution in [3.8, 4) is 0 Å². The molecule has 1 atom stereocenters. The highest BCUT2D eigenvalue weighted by Gasteiger charge is 2.30. The normalized spacial score (nSPS) is 23.1. The molecule has 0 spiro atoms. The van der Waals surface area contributed by atoms with Crippen molar-refractivity contribution < 1.29 is 9.53 Å². The number of hydrogen-bond acceptors (Lipinski definition) is 3. The van der Waals surface area contributed by atoms with E-state index in [1.807, 2.05) is 6.92 Å². The lowest BCUT2D eigenvalue weighted by Crippen LogP contribution is -2.40. The summed E-state index contributed by atoms with van der Waals surface area (Å²) in [6.07, 6.45) is 3.33. The van der Waals surface area contributed by atoms with Gasteiger partial charge in [-0.1, -0.05) is 23.2 Å². The molecule has 4 nitrogen and oxygen atoms in total. The molecule has 98 valence electrons. The number of nitrogens with one attached hydrogen (secondary N) is 1. The number of amides is 1. The van der Waals surface area contributed by atoms with Crippen LogP contribution in [0.15, 0.2) is 12.3 Å². The molecule has 2 heterocycles. The van der Waals surface area contributed by atoms with Crippen molar-refractivity contribution in [1.82, 2.24) is 10.3 Å². The third kappa shape index (κ3) is 3.13. The van der Waals surface area contributed by atoms with Crippen LogP contribution in [0.1, 0.15) is 30.1 Å². The molecule has 18 heavy (non-hydrogen) atoms. The fraction of sp³-hybridized carbons (Fsp3) is 0.500. The van der Waals surface area contributed by atoms with E-state index in [-0.39, 0.29) is 21.7 Å². The molecule has 0 saturated carbocycles. The van der Waals surface area contributed by atoms with E-state index in [4.69, 9.17) is 27.9 Å². The molecule has 1 aliphatic heterocycles. The van der Waals surface area contributed by atoms with Crippen molar-refractivity contribution in [2.24, 2.45) is 0 Å². The lowest BCUT2D eigenvalue weighted by Gasteiger charge is -2.23. The van der Waals surface area contributed by atoms with Crippen molar-refractivity contribution in [2.45, 2.75) is 25.4 Å². The van der Waals surface area contributed by atoms with Crippen LogP contribution in [0.4, 0.5) is 0 Å². The second-order valence-corrected chi connectivity index (χ2v) is 5.37. The Bertz CT molecular complexity index is 459. The van der Waals surface area contributed by atoms with Gasteiger partial charge in [0, 0.05) is 19.3 Å². The highest BCUT2D eigenvalue weighted by atomic mass is 35.5. The third-order valence-corrected chi connectivity index (χ3v) is 3.50. The van der Waals surface area contributed by atoms with Crippen LogP contribution >= 0.6 is 23.2 Å². The lowest BCUT2D eigenvalue weighted by molar-refractivity contribution is 0.0206. The Kier molecular flexibility index (Phi) is 4.10. The Hall–Kier alpha value is -0.840. The average molecular weight is 289 g/mol. The molecular weight excluding hydrogens is 275 g/mol. The SMILES string of the molecule is CC1(CNC(=O)c2cc(Cl)ncc2Cl)CCCO1. The molecule has 1 aromatic rings. The lowest BCUT2D eigenvalue weighted by atomic mass is 10.0. The van der Waals surface area contributed by atoms with Crippen LogP contribution in [-0.2, 0) is 4.74 Å². The average Bonchev–Trinajstić information content (AvgIpc) is 2.77. The summed E-state index contributed by atoms with van der Waals surface area (Å²) in [6.45, 7) is 3.19. The molecule has 1 N–H and O–H groups in total. The van der Waals surface area contributed by atoms with E-state index in [0.29, 0.717) is 12.1 Å². The van der Waals surface area contributed by atoms with Gasteiger partial charge in [-0.2, -0.15) is 0 Å². The van der Waals surface area contributed by atoms with E-state index in [1.165, 1.54) is 12.3 Å². The molecular formula is C12H14Cl2N2O2. The molecule has 1 fully saturated rings. The van der Waals surface area contributed by atoms with E-state index >= 15 is 0 Å². The topological polar surface area (TPSA) is 51.2 Å². The summed E-state index contributed by atoms with van der Waals surface area (Å²) in [4.78, 5) is 15.8. The molecule has 0 aliphatic carbocycles. The molecule has 1 amide bonds. The van der Waals surface area contributed by atoms with Gasteiger partial charge in [-0.3, -0.25) is 4.79 Å². The first-order valence-electron chi connectivity index (χ1n) is 5.73. The number of aromatic nitrogens is 1. The van der Waals surface area contributed by atoms with E-state index in [2.05, 4.69) is 10.3 Å². The second-order valence-electron chi connectivity index (χ2n) is 4.57. The summed E-state index contributed by atoms with van der Waals surface area (Å²) >= 11 is 11.6. The van der Waals surface area contributed by atoms with Gasteiger partial charge in [0.25, 0.3) is 5.91 Å². The molecule has 0 radical (unpaired) electrons. The largest absolute Gasteiger partial charge is 0.373 e. The maximum absolute atomic E-state index is 12.0. The Morgan fingerprint density at radius 1 is 1.61 bits per heavy atom. The highest BCUT2D eigenvalue weighted by Crippen LogP contribution is 2.24. The number of pyridine rings is 1. The summed E-state index contributed by atoms with van der Waals surface area (Å²) in [5.41, 5.74) is 0.0529. The summed E-state index contributed by atoms with van der Waals surface area (Å²) < 4.78 is 5.59. The second kappa shape index (κ2) is 5.43. The first-order chi connectivity index (χ1) is 8.50. The van der Waals surface area contributed by atoms with Crippen LogP contribution in [0.3, 0.4) is 0 Å². The molecule has 1 aliphatic rings. The monoisotopic (exact) mass is 288 g/mol. The third-order valence-electron chi connectivity index (χ3n) is 2.99. The zero-order chi connectivity index (χ0) is 13.2. The molecule has 1 saturated heterocycles. The zero-order valence-corrected chi connectivity index (χ0v) is 11.5. The van der Waals surface area contributed by atoms with Crippen LogP contribution in [0.5, 0.6) is 0 Å². The minimum atomic E-state index is -0.279. The summed E-state index contributed by atoms with van der Waals surface area (Å²) in [6, 6.07) is 1.46. The van der Waals surface area contributed by atoms with Gasteiger partial charge in [-0.05, 0) is 25.8 Å². The van der Waals surface area contributed by atoms with Crippen LogP contribution in [0, 0.1) is 0 Å². The maximum Gasteiger partial charge on any atom is 0.253 e. The van der Waals surface area contributed by atoms with Crippen molar-refractivity contribution in [3.63, 3.8) is 0 Å².